The van der Waals surface area contributed by atoms with Crippen LogP contribution in [-0.4, -0.2) is 81.8 Å². The van der Waals surface area contributed by atoms with E-state index in [2.05, 4.69) is 0 Å². The fourth-order valence-electron chi connectivity index (χ4n) is 0. The normalized spacial score (nSPS) is 4.65. The Morgan fingerprint density at radius 1 is 0.290 bits per heavy atom. The van der Waals surface area contributed by atoms with Crippen molar-refractivity contribution in [3.63, 3.8) is 0 Å². The van der Waals surface area contributed by atoms with Gasteiger partial charge >= 0.3 is 17.2 Å². The van der Waals surface area contributed by atoms with E-state index in [0.29, 0.717) is 0 Å². The Hall–Kier alpha value is 6.61. The van der Waals surface area contributed by atoms with E-state index in [9.17, 15) is 0 Å². The molecule has 0 rings (SSSR count). The van der Waals surface area contributed by atoms with Gasteiger partial charge in [0.15, 0.2) is 0 Å². The van der Waals surface area contributed by atoms with Crippen molar-refractivity contribution in [1.82, 2.24) is 0 Å². The van der Waals surface area contributed by atoms with Crippen molar-refractivity contribution >= 4 is 34.4 Å². The summed E-state index contributed by atoms with van der Waals surface area (Å²) in [6.45, 7) is 0. The molecule has 0 atom stereocenters. The molecular weight excluding hydrogens is 1000 g/mol. The molecule has 0 aliphatic carbocycles. The van der Waals surface area contributed by atoms with Gasteiger partial charge in [-0.15, -0.1) is 0 Å². The van der Waals surface area contributed by atoms with Gasteiger partial charge in [0.1, 0.15) is 0 Å². The van der Waals surface area contributed by atoms with E-state index in [4.69, 9.17) is 58.7 Å². The number of hydrogen-bond donors (Lipinski definition) is 10. The summed E-state index contributed by atoms with van der Waals surface area (Å²) in [5, 5.41) is 0. The maximum atomic E-state index is 8.74. The molecule has 0 heterocycles. The Balaban J connectivity index is -0.00000000314. The van der Waals surface area contributed by atoms with Crippen LogP contribution in [0.5, 0.6) is 0 Å². The Morgan fingerprint density at radius 3 is 0.290 bits per heavy atom. The summed E-state index contributed by atoms with van der Waals surface area (Å²) in [5.74, 6) is 0. The largest absolute Gasteiger partial charge is 0.634 e. The van der Waals surface area contributed by atoms with Crippen LogP contribution in [0.25, 0.3) is 0 Å². The van der Waals surface area contributed by atoms with E-state index in [1.54, 1.807) is 0 Å². The Morgan fingerprint density at radius 2 is 0.290 bits per heavy atom. The van der Waals surface area contributed by atoms with Gasteiger partial charge in [0.2, 0.25) is 17.2 Å². The summed E-state index contributed by atoms with van der Waals surface area (Å²) in [6.07, 6.45) is 0. The minimum atomic E-state index is -3.13. The van der Waals surface area contributed by atoms with Gasteiger partial charge < -0.3 is 42.6 Å². The minimum absolute atomic E-state index is 0. The summed E-state index contributed by atoms with van der Waals surface area (Å²) in [4.78, 5) is 89.7. The average Bonchev–Trinajstić information content (AvgIpc) is 1.76. The monoisotopic (exact) mass is 1010 g/mol. The first kappa shape index (κ1) is 146. The first-order valence-electron chi connectivity index (χ1n) is 2.64. The van der Waals surface area contributed by atoms with Crippen molar-refractivity contribution < 1.29 is 267 Å². The number of rotatable bonds is 0. The first-order chi connectivity index (χ1) is 6.93. The average molecular weight is 1030 g/mol. The fraction of sp³-hybridized carbons (Fsp3) is 0. The standard InChI is InChI=1S/2H4O3P.2H3O3P.6H2O.9Zn/c4*1-4(2)3;;;;;;;;;;;;;;;/h2*1-4H;2*1-2,4H;6*1H2;;;;;;;;;/q2*+1;;;;;;;;;;;;;;;;;. The van der Waals surface area contributed by atoms with E-state index in [0.717, 1.165) is 0 Å². The third-order valence-electron chi connectivity index (χ3n) is 0. The van der Waals surface area contributed by atoms with E-state index in [1.807, 2.05) is 0 Å². The third-order valence-corrected chi connectivity index (χ3v) is 0. The van der Waals surface area contributed by atoms with Gasteiger partial charge in [0.05, 0.1) is 0 Å². The van der Waals surface area contributed by atoms with Crippen LogP contribution in [0.3, 0.4) is 0 Å². The van der Waals surface area contributed by atoms with Crippen molar-refractivity contribution in [3.8, 4) is 0 Å². The molecule has 18 nitrogen and oxygen atoms in total. The van der Waals surface area contributed by atoms with Crippen molar-refractivity contribution in [2.45, 2.75) is 0 Å². The summed E-state index contributed by atoms with van der Waals surface area (Å²) in [6, 6.07) is 0. The molecule has 0 saturated heterocycles. The van der Waals surface area contributed by atoms with Gasteiger partial charge in [0, 0.05) is 175 Å². The van der Waals surface area contributed by atoms with Crippen molar-refractivity contribution in [2.24, 2.45) is 0 Å². The van der Waals surface area contributed by atoms with Crippen LogP contribution >= 0.6 is 34.4 Å². The molecule has 0 bridgehead atoms. The molecule has 170 valence electrons. The van der Waals surface area contributed by atoms with Gasteiger partial charge in [-0.05, 0) is 0 Å². The van der Waals surface area contributed by atoms with Crippen LogP contribution in [0, 0.1) is 0 Å². The summed E-state index contributed by atoms with van der Waals surface area (Å²) < 4.78 is 0. The van der Waals surface area contributed by atoms with Crippen LogP contribution in [0.15, 0.2) is 0 Å². The zero-order chi connectivity index (χ0) is 14.3. The maximum absolute atomic E-state index is 8.74. The Bertz CT molecular complexity index is 85.0. The minimum Gasteiger partial charge on any atom is -0.634 e. The van der Waals surface area contributed by atoms with Crippen molar-refractivity contribution in [2.75, 3.05) is 0 Å². The van der Waals surface area contributed by atoms with Crippen LogP contribution in [0.4, 0.5) is 0 Å². The van der Waals surface area contributed by atoms with Gasteiger partial charge in [-0.25, -0.2) is 19.6 Å². The molecule has 0 fully saturated rings. The fourth-order valence-corrected chi connectivity index (χ4v) is 0. The van der Waals surface area contributed by atoms with Crippen LogP contribution in [0.1, 0.15) is 0 Å². The molecule has 0 saturated carbocycles. The van der Waals surface area contributed by atoms with Crippen molar-refractivity contribution in [1.29, 1.82) is 0 Å². The molecule has 22 N–H and O–H groups in total. The third kappa shape index (κ3) is 1000. The molecule has 31 heavy (non-hydrogen) atoms. The molecule has 0 aromatic carbocycles. The van der Waals surface area contributed by atoms with E-state index < -0.39 is 34.4 Å². The molecule has 0 spiro atoms. The van der Waals surface area contributed by atoms with E-state index in [1.165, 1.54) is 0 Å². The molecule has 0 unspecified atom stereocenters. The van der Waals surface area contributed by atoms with Gasteiger partial charge in [0.25, 0.3) is 0 Å². The predicted molar refractivity (Wildman–Crippen MR) is 77.1 cm³/mol. The summed E-state index contributed by atoms with van der Waals surface area (Å²) in [5.41, 5.74) is 0. The van der Waals surface area contributed by atoms with Crippen LogP contribution in [0.2, 0.25) is 0 Å². The van der Waals surface area contributed by atoms with Crippen molar-refractivity contribution in [3.05, 3.63) is 0 Å². The second kappa shape index (κ2) is 134. The molecule has 0 aliphatic rings. The van der Waals surface area contributed by atoms with Gasteiger partial charge in [-0.3, -0.25) is 0 Å². The van der Waals surface area contributed by atoms with Gasteiger partial charge in [-0.1, -0.05) is 0 Å². The SMILES string of the molecule is O.O.O.O.O.O.O[PH+](O)O.O[PH+](O)O.[O-][PH+](O)O.[O-][PH+](O)O.[Zn].[Zn].[Zn].[Zn].[Zn].[Zn].[Zn].[Zn].[Zn]. The zero-order valence-electron chi connectivity index (χ0n) is 16.7. The smallest absolute Gasteiger partial charge is 0.390 e. The topological polar surface area (TPSA) is 437 Å². The molecule has 0 aromatic rings. The molecular formula is H26O18P4Zn9+2. The molecule has 0 aromatic heterocycles. The first-order valence-corrected chi connectivity index (χ1v) is 7.93. The second-order valence-corrected chi connectivity index (χ2v) is 3.50. The summed E-state index contributed by atoms with van der Waals surface area (Å²) in [7, 11) is -12.0. The summed E-state index contributed by atoms with van der Waals surface area (Å²) >= 11 is 0. The predicted octanol–water partition coefficient (Wildman–Crippen LogP) is -10.5. The molecule has 0 aliphatic heterocycles. The van der Waals surface area contributed by atoms with Gasteiger partial charge in [-0.2, -0.15) is 29.4 Å². The van der Waals surface area contributed by atoms with E-state index in [-0.39, 0.29) is 208 Å². The zero-order valence-corrected chi connectivity index (χ0v) is 47.4. The van der Waals surface area contributed by atoms with Crippen LogP contribution < -0.4 is 9.79 Å². The number of hydrogen-bond acceptors (Lipinski definition) is 12. The second-order valence-electron chi connectivity index (χ2n) is 1.17. The molecule has 0 amide bonds. The maximum Gasteiger partial charge on any atom is 0.390 e. The van der Waals surface area contributed by atoms with Crippen LogP contribution in [-0.2, 0) is 175 Å². The quantitative estimate of drug-likeness (QED) is 0.0799. The molecule has 0 radical (unpaired) electrons. The Labute approximate surface area is 297 Å². The van der Waals surface area contributed by atoms with E-state index >= 15 is 0 Å². The Kier molecular flexibility index (Phi) is 629. The molecule has 31 heteroatoms.